The van der Waals surface area contributed by atoms with Crippen molar-refractivity contribution in [2.45, 2.75) is 33.2 Å². The van der Waals surface area contributed by atoms with E-state index in [1.165, 1.54) is 0 Å². The topological polar surface area (TPSA) is 58.7 Å². The second-order valence-electron chi connectivity index (χ2n) is 4.90. The molecule has 1 aliphatic rings. The molecule has 2 N–H and O–H groups in total. The summed E-state index contributed by atoms with van der Waals surface area (Å²) in [5.74, 6) is 0.783. The van der Waals surface area contributed by atoms with Crippen molar-refractivity contribution in [2.75, 3.05) is 13.6 Å². The fourth-order valence-electron chi connectivity index (χ4n) is 1.32. The van der Waals surface area contributed by atoms with Crippen LogP contribution in [0.15, 0.2) is 4.99 Å². The molecule has 1 unspecified atom stereocenters. The van der Waals surface area contributed by atoms with Gasteiger partial charge >= 0.3 is 0 Å². The molecule has 0 radical (unpaired) electrons. The quantitative estimate of drug-likeness (QED) is 0.495. The maximum absolute atomic E-state index is 11.2. The van der Waals surface area contributed by atoms with Crippen LogP contribution in [0.3, 0.4) is 0 Å². The van der Waals surface area contributed by atoms with E-state index in [0.29, 0.717) is 18.8 Å². The normalized spacial score (nSPS) is 24.6. The van der Waals surface area contributed by atoms with E-state index >= 15 is 0 Å². The molecule has 1 fully saturated rings. The van der Waals surface area contributed by atoms with Crippen LogP contribution in [0, 0.1) is 5.41 Å². The van der Waals surface area contributed by atoms with Crippen molar-refractivity contribution in [1.82, 2.24) is 4.90 Å². The molecule has 1 aliphatic heterocycles. The minimum atomic E-state index is -0.107. The zero-order chi connectivity index (χ0) is 10.9. The fourth-order valence-corrected chi connectivity index (χ4v) is 1.32. The van der Waals surface area contributed by atoms with E-state index in [1.54, 1.807) is 11.9 Å². The largest absolute Gasteiger partial charge is 0.387 e. The van der Waals surface area contributed by atoms with E-state index in [2.05, 4.69) is 4.99 Å². The molecular formula is C10H19N3O. The van der Waals surface area contributed by atoms with E-state index in [-0.39, 0.29) is 17.4 Å². The van der Waals surface area contributed by atoms with Gasteiger partial charge in [0.05, 0.1) is 18.3 Å². The van der Waals surface area contributed by atoms with Crippen molar-refractivity contribution in [3.63, 3.8) is 0 Å². The molecule has 1 heterocycles. The average molecular weight is 197 g/mol. The molecule has 1 amide bonds. The van der Waals surface area contributed by atoms with Crippen LogP contribution in [-0.4, -0.2) is 36.3 Å². The number of likely N-dealkylation sites (tertiary alicyclic amines) is 1. The smallest absolute Gasteiger partial charge is 0.224 e. The fraction of sp³-hybridized carbons (Fsp3) is 0.800. The summed E-state index contributed by atoms with van der Waals surface area (Å²) >= 11 is 0. The summed E-state index contributed by atoms with van der Waals surface area (Å²) in [7, 11) is 1.80. The minimum Gasteiger partial charge on any atom is -0.387 e. The van der Waals surface area contributed by atoms with Gasteiger partial charge < -0.3 is 10.6 Å². The second kappa shape index (κ2) is 3.59. The van der Waals surface area contributed by atoms with Crippen molar-refractivity contribution in [3.05, 3.63) is 0 Å². The Kier molecular flexibility index (Phi) is 2.83. The van der Waals surface area contributed by atoms with Crippen LogP contribution >= 0.6 is 0 Å². The number of aliphatic imine (C=N–C) groups is 1. The van der Waals surface area contributed by atoms with Gasteiger partial charge in [0.2, 0.25) is 5.91 Å². The van der Waals surface area contributed by atoms with Crippen LogP contribution in [0.4, 0.5) is 0 Å². The van der Waals surface area contributed by atoms with E-state index < -0.39 is 0 Å². The molecular weight excluding hydrogens is 178 g/mol. The lowest BCUT2D eigenvalue weighted by molar-refractivity contribution is -0.126. The SMILES string of the molecule is CN1CC(N=C(N)C(C)(C)C)CC1=O. The van der Waals surface area contributed by atoms with Gasteiger partial charge in [-0.05, 0) is 0 Å². The van der Waals surface area contributed by atoms with Gasteiger partial charge in [-0.2, -0.15) is 0 Å². The predicted molar refractivity (Wildman–Crippen MR) is 57.1 cm³/mol. The molecule has 0 aromatic carbocycles. The first kappa shape index (κ1) is 11.0. The number of likely N-dealkylation sites (N-methyl/N-ethyl adjacent to an activating group) is 1. The summed E-state index contributed by atoms with van der Waals surface area (Å²) in [5.41, 5.74) is 5.73. The van der Waals surface area contributed by atoms with Crippen LogP contribution < -0.4 is 5.73 Å². The lowest BCUT2D eigenvalue weighted by Gasteiger charge is -2.18. The number of carbonyl (C=O) groups is 1. The summed E-state index contributed by atoms with van der Waals surface area (Å²) in [4.78, 5) is 17.3. The molecule has 0 bridgehead atoms. The first-order valence-electron chi connectivity index (χ1n) is 4.88. The Balaban J connectivity index is 2.66. The Labute approximate surface area is 85.2 Å². The number of hydrogen-bond donors (Lipinski definition) is 1. The number of hydrogen-bond acceptors (Lipinski definition) is 2. The summed E-state index contributed by atoms with van der Waals surface area (Å²) in [6.45, 7) is 6.75. The minimum absolute atomic E-state index is 0.0479. The summed E-state index contributed by atoms with van der Waals surface area (Å²) in [6.07, 6.45) is 0.493. The molecule has 0 aromatic heterocycles. The van der Waals surface area contributed by atoms with Gasteiger partial charge in [0.15, 0.2) is 0 Å². The lowest BCUT2D eigenvalue weighted by atomic mass is 9.95. The van der Waals surface area contributed by atoms with E-state index in [1.807, 2.05) is 20.8 Å². The standard InChI is InChI=1S/C10H19N3O/c1-10(2,3)9(11)12-7-5-8(14)13(4)6-7/h7H,5-6H2,1-4H3,(H2,11,12). The molecule has 0 aliphatic carbocycles. The molecule has 1 saturated heterocycles. The summed E-state index contributed by atoms with van der Waals surface area (Å²) < 4.78 is 0. The van der Waals surface area contributed by atoms with Crippen LogP contribution in [0.1, 0.15) is 27.2 Å². The monoisotopic (exact) mass is 197 g/mol. The van der Waals surface area contributed by atoms with Crippen LogP contribution in [0.2, 0.25) is 0 Å². The van der Waals surface area contributed by atoms with Crippen molar-refractivity contribution in [2.24, 2.45) is 16.1 Å². The number of rotatable bonds is 1. The zero-order valence-electron chi connectivity index (χ0n) is 9.37. The number of amides is 1. The van der Waals surface area contributed by atoms with Crippen molar-refractivity contribution in [3.8, 4) is 0 Å². The number of carbonyl (C=O) groups excluding carboxylic acids is 1. The Hall–Kier alpha value is -1.06. The molecule has 1 rings (SSSR count). The lowest BCUT2D eigenvalue weighted by Crippen LogP contribution is -2.31. The zero-order valence-corrected chi connectivity index (χ0v) is 9.37. The summed E-state index contributed by atoms with van der Waals surface area (Å²) in [5, 5.41) is 0. The van der Waals surface area contributed by atoms with Crippen LogP contribution in [0.5, 0.6) is 0 Å². The highest BCUT2D eigenvalue weighted by Gasteiger charge is 2.27. The summed E-state index contributed by atoms with van der Waals surface area (Å²) in [6, 6.07) is 0.0479. The highest BCUT2D eigenvalue weighted by molar-refractivity contribution is 5.86. The van der Waals surface area contributed by atoms with Gasteiger partial charge in [-0.1, -0.05) is 20.8 Å². The molecule has 0 spiro atoms. The molecule has 4 nitrogen and oxygen atoms in total. The van der Waals surface area contributed by atoms with E-state index in [9.17, 15) is 4.79 Å². The third kappa shape index (κ3) is 2.47. The maximum Gasteiger partial charge on any atom is 0.224 e. The Bertz CT molecular complexity index is 265. The molecule has 0 aromatic rings. The Morgan fingerprint density at radius 3 is 2.50 bits per heavy atom. The van der Waals surface area contributed by atoms with Gasteiger partial charge in [-0.3, -0.25) is 9.79 Å². The molecule has 4 heteroatoms. The Morgan fingerprint density at radius 2 is 2.14 bits per heavy atom. The molecule has 1 atom stereocenters. The van der Waals surface area contributed by atoms with Crippen LogP contribution in [-0.2, 0) is 4.79 Å². The third-order valence-corrected chi connectivity index (χ3v) is 2.41. The highest BCUT2D eigenvalue weighted by atomic mass is 16.2. The Morgan fingerprint density at radius 1 is 1.57 bits per heavy atom. The maximum atomic E-state index is 11.2. The third-order valence-electron chi connectivity index (χ3n) is 2.41. The van der Waals surface area contributed by atoms with Gasteiger partial charge in [0.25, 0.3) is 0 Å². The van der Waals surface area contributed by atoms with Gasteiger partial charge in [-0.15, -0.1) is 0 Å². The van der Waals surface area contributed by atoms with Crippen molar-refractivity contribution >= 4 is 11.7 Å². The highest BCUT2D eigenvalue weighted by Crippen LogP contribution is 2.17. The number of amidine groups is 1. The molecule has 80 valence electrons. The van der Waals surface area contributed by atoms with Crippen LogP contribution in [0.25, 0.3) is 0 Å². The van der Waals surface area contributed by atoms with Crippen molar-refractivity contribution in [1.29, 1.82) is 0 Å². The number of nitrogens with zero attached hydrogens (tertiary/aromatic N) is 2. The predicted octanol–water partition coefficient (Wildman–Crippen LogP) is 0.620. The van der Waals surface area contributed by atoms with Gasteiger partial charge in [0.1, 0.15) is 0 Å². The van der Waals surface area contributed by atoms with Gasteiger partial charge in [-0.25, -0.2) is 0 Å². The van der Waals surface area contributed by atoms with Gasteiger partial charge in [0, 0.05) is 19.0 Å². The molecule has 0 saturated carbocycles. The first-order chi connectivity index (χ1) is 6.30. The van der Waals surface area contributed by atoms with E-state index in [4.69, 9.17) is 5.73 Å². The first-order valence-corrected chi connectivity index (χ1v) is 4.88. The average Bonchev–Trinajstić information content (AvgIpc) is 2.29. The number of nitrogens with two attached hydrogens (primary N) is 1. The second-order valence-corrected chi connectivity index (χ2v) is 4.90. The molecule has 14 heavy (non-hydrogen) atoms. The van der Waals surface area contributed by atoms with E-state index in [0.717, 1.165) is 0 Å². The van der Waals surface area contributed by atoms with Crippen molar-refractivity contribution < 1.29 is 4.79 Å².